The molecule has 0 aromatic heterocycles. The molecule has 0 saturated heterocycles. The van der Waals surface area contributed by atoms with E-state index in [4.69, 9.17) is 0 Å². The summed E-state index contributed by atoms with van der Waals surface area (Å²) < 4.78 is 0. The van der Waals surface area contributed by atoms with Crippen LogP contribution in [0.15, 0.2) is 24.3 Å². The number of hydrogen-bond donors (Lipinski definition) is 2. The van der Waals surface area contributed by atoms with Crippen molar-refractivity contribution in [1.29, 1.82) is 0 Å². The topological polar surface area (TPSA) is 58.2 Å². The lowest BCUT2D eigenvalue weighted by molar-refractivity contribution is -0.120. The highest BCUT2D eigenvalue weighted by Crippen LogP contribution is 2.04. The van der Waals surface area contributed by atoms with Gasteiger partial charge in [-0.25, -0.2) is 0 Å². The van der Waals surface area contributed by atoms with E-state index in [1.54, 1.807) is 0 Å². The van der Waals surface area contributed by atoms with Crippen LogP contribution in [0, 0.1) is 0 Å². The quantitative estimate of drug-likeness (QED) is 0.737. The number of benzene rings is 1. The largest absolute Gasteiger partial charge is 0.356 e. The Balaban J connectivity index is 2.25. The lowest BCUT2D eigenvalue weighted by Crippen LogP contribution is -2.29. The van der Waals surface area contributed by atoms with Crippen LogP contribution in [0.1, 0.15) is 42.6 Å². The summed E-state index contributed by atoms with van der Waals surface area (Å²) in [5, 5.41) is 5.61. The first-order valence-corrected chi connectivity index (χ1v) is 6.81. The molecule has 0 fully saturated rings. The standard InChI is InChI=1S/C15H22N2O2/c1-3-12-6-8-13(9-7-12)15(19)17-11-5-10-16-14(18)4-2/h6-9H,3-5,10-11H2,1-2H3,(H,16,18)(H,17,19). The Kier molecular flexibility index (Phi) is 6.64. The zero-order valence-electron chi connectivity index (χ0n) is 11.7. The third kappa shape index (κ3) is 5.55. The molecule has 2 N–H and O–H groups in total. The van der Waals surface area contributed by atoms with Gasteiger partial charge in [0.2, 0.25) is 5.91 Å². The van der Waals surface area contributed by atoms with E-state index in [1.807, 2.05) is 31.2 Å². The maximum atomic E-state index is 11.8. The van der Waals surface area contributed by atoms with Crippen LogP contribution in [0.3, 0.4) is 0 Å². The van der Waals surface area contributed by atoms with Gasteiger partial charge < -0.3 is 10.6 Å². The lowest BCUT2D eigenvalue weighted by atomic mass is 10.1. The zero-order valence-corrected chi connectivity index (χ0v) is 11.7. The van der Waals surface area contributed by atoms with Crippen LogP contribution in [-0.4, -0.2) is 24.9 Å². The van der Waals surface area contributed by atoms with Crippen molar-refractivity contribution < 1.29 is 9.59 Å². The van der Waals surface area contributed by atoms with Crippen molar-refractivity contribution in [3.05, 3.63) is 35.4 Å². The summed E-state index contributed by atoms with van der Waals surface area (Å²) in [5.41, 5.74) is 1.90. The Bertz CT molecular complexity index is 413. The van der Waals surface area contributed by atoms with Gasteiger partial charge in [0, 0.05) is 25.1 Å². The number of aryl methyl sites for hydroxylation is 1. The number of hydrogen-bond acceptors (Lipinski definition) is 2. The third-order valence-electron chi connectivity index (χ3n) is 2.91. The van der Waals surface area contributed by atoms with Crippen molar-refractivity contribution in [2.75, 3.05) is 13.1 Å². The van der Waals surface area contributed by atoms with Gasteiger partial charge in [0.25, 0.3) is 5.91 Å². The summed E-state index contributed by atoms with van der Waals surface area (Å²) >= 11 is 0. The molecule has 0 radical (unpaired) electrons. The van der Waals surface area contributed by atoms with Gasteiger partial charge in [-0.05, 0) is 30.5 Å². The van der Waals surface area contributed by atoms with Gasteiger partial charge in [0.15, 0.2) is 0 Å². The minimum Gasteiger partial charge on any atom is -0.356 e. The van der Waals surface area contributed by atoms with Crippen LogP contribution in [0.25, 0.3) is 0 Å². The van der Waals surface area contributed by atoms with E-state index in [0.29, 0.717) is 25.1 Å². The first-order chi connectivity index (χ1) is 9.17. The fourth-order valence-electron chi connectivity index (χ4n) is 1.64. The molecule has 0 aliphatic carbocycles. The molecule has 1 rings (SSSR count). The zero-order chi connectivity index (χ0) is 14.1. The molecule has 1 aromatic rings. The van der Waals surface area contributed by atoms with E-state index in [-0.39, 0.29) is 11.8 Å². The van der Waals surface area contributed by atoms with Crippen molar-refractivity contribution in [2.45, 2.75) is 33.1 Å². The molecule has 0 aliphatic heterocycles. The van der Waals surface area contributed by atoms with Crippen molar-refractivity contribution in [3.8, 4) is 0 Å². The predicted octanol–water partition coefficient (Wildman–Crippen LogP) is 1.90. The maximum Gasteiger partial charge on any atom is 0.251 e. The first kappa shape index (κ1) is 15.2. The normalized spacial score (nSPS) is 10.0. The van der Waals surface area contributed by atoms with Gasteiger partial charge in [-0.1, -0.05) is 26.0 Å². The Morgan fingerprint density at radius 3 is 2.21 bits per heavy atom. The van der Waals surface area contributed by atoms with E-state index in [0.717, 1.165) is 12.8 Å². The smallest absolute Gasteiger partial charge is 0.251 e. The number of rotatable bonds is 7. The van der Waals surface area contributed by atoms with Gasteiger partial charge in [0.1, 0.15) is 0 Å². The molecule has 2 amide bonds. The van der Waals surface area contributed by atoms with E-state index in [1.165, 1.54) is 5.56 Å². The molecule has 0 bridgehead atoms. The Morgan fingerprint density at radius 1 is 1.00 bits per heavy atom. The fourth-order valence-corrected chi connectivity index (χ4v) is 1.64. The van der Waals surface area contributed by atoms with E-state index in [2.05, 4.69) is 17.6 Å². The number of carbonyl (C=O) groups is 2. The monoisotopic (exact) mass is 262 g/mol. The summed E-state index contributed by atoms with van der Waals surface area (Å²) in [6.45, 7) is 5.07. The second-order valence-electron chi connectivity index (χ2n) is 4.36. The predicted molar refractivity (Wildman–Crippen MR) is 76.1 cm³/mol. The van der Waals surface area contributed by atoms with E-state index >= 15 is 0 Å². The Hall–Kier alpha value is -1.84. The lowest BCUT2D eigenvalue weighted by Gasteiger charge is -2.06. The third-order valence-corrected chi connectivity index (χ3v) is 2.91. The van der Waals surface area contributed by atoms with Gasteiger partial charge >= 0.3 is 0 Å². The van der Waals surface area contributed by atoms with Gasteiger partial charge in [-0.2, -0.15) is 0 Å². The molecule has 0 saturated carbocycles. The highest BCUT2D eigenvalue weighted by Gasteiger charge is 2.04. The molecule has 4 nitrogen and oxygen atoms in total. The number of nitrogens with one attached hydrogen (secondary N) is 2. The summed E-state index contributed by atoms with van der Waals surface area (Å²) in [5.74, 6) is -0.0223. The minimum absolute atomic E-state index is 0.0430. The SMILES string of the molecule is CCC(=O)NCCCNC(=O)c1ccc(CC)cc1. The number of carbonyl (C=O) groups excluding carboxylic acids is 2. The summed E-state index contributed by atoms with van der Waals surface area (Å²) in [7, 11) is 0. The van der Waals surface area contributed by atoms with Crippen LogP contribution in [0.4, 0.5) is 0 Å². The Morgan fingerprint density at radius 2 is 1.63 bits per heavy atom. The maximum absolute atomic E-state index is 11.8. The van der Waals surface area contributed by atoms with Gasteiger partial charge in [0.05, 0.1) is 0 Å². The highest BCUT2D eigenvalue weighted by atomic mass is 16.2. The molecule has 0 heterocycles. The highest BCUT2D eigenvalue weighted by molar-refractivity contribution is 5.94. The molecular weight excluding hydrogens is 240 g/mol. The molecule has 0 spiro atoms. The van der Waals surface area contributed by atoms with Crippen LogP contribution in [0.2, 0.25) is 0 Å². The second kappa shape index (κ2) is 8.29. The van der Waals surface area contributed by atoms with E-state index < -0.39 is 0 Å². The van der Waals surface area contributed by atoms with Crippen molar-refractivity contribution in [1.82, 2.24) is 10.6 Å². The molecule has 19 heavy (non-hydrogen) atoms. The summed E-state index contributed by atoms with van der Waals surface area (Å²) in [4.78, 5) is 22.8. The molecule has 1 aromatic carbocycles. The molecular formula is C15H22N2O2. The molecule has 0 aliphatic rings. The van der Waals surface area contributed by atoms with Gasteiger partial charge in [-0.15, -0.1) is 0 Å². The van der Waals surface area contributed by atoms with Gasteiger partial charge in [-0.3, -0.25) is 9.59 Å². The Labute approximate surface area is 114 Å². The average molecular weight is 262 g/mol. The van der Waals surface area contributed by atoms with Crippen molar-refractivity contribution in [3.63, 3.8) is 0 Å². The molecule has 0 unspecified atom stereocenters. The molecule has 104 valence electrons. The molecule has 0 atom stereocenters. The molecule has 4 heteroatoms. The summed E-state index contributed by atoms with van der Waals surface area (Å²) in [6.07, 6.45) is 2.21. The van der Waals surface area contributed by atoms with Crippen molar-refractivity contribution in [2.24, 2.45) is 0 Å². The van der Waals surface area contributed by atoms with Crippen LogP contribution >= 0.6 is 0 Å². The first-order valence-electron chi connectivity index (χ1n) is 6.81. The van der Waals surface area contributed by atoms with Crippen molar-refractivity contribution >= 4 is 11.8 Å². The fraction of sp³-hybridized carbons (Fsp3) is 0.467. The minimum atomic E-state index is -0.0653. The average Bonchev–Trinajstić information content (AvgIpc) is 2.46. The van der Waals surface area contributed by atoms with Crippen LogP contribution < -0.4 is 10.6 Å². The van der Waals surface area contributed by atoms with Crippen LogP contribution in [0.5, 0.6) is 0 Å². The van der Waals surface area contributed by atoms with E-state index in [9.17, 15) is 9.59 Å². The van der Waals surface area contributed by atoms with Crippen LogP contribution in [-0.2, 0) is 11.2 Å². The number of amides is 2. The summed E-state index contributed by atoms with van der Waals surface area (Å²) in [6, 6.07) is 7.62. The second-order valence-corrected chi connectivity index (χ2v) is 4.36.